The molecule has 1 heterocycles. The van der Waals surface area contributed by atoms with Gasteiger partial charge >= 0.3 is 0 Å². The monoisotopic (exact) mass is 490 g/mol. The third kappa shape index (κ3) is 5.54. The molecule has 0 bridgehead atoms. The van der Waals surface area contributed by atoms with Gasteiger partial charge in [0.25, 0.3) is 0 Å². The van der Waals surface area contributed by atoms with Crippen LogP contribution in [-0.2, 0) is 16.1 Å². The average Bonchev–Trinajstić information content (AvgIpc) is 3.20. The van der Waals surface area contributed by atoms with Gasteiger partial charge < -0.3 is 14.4 Å². The average molecular weight is 491 g/mol. The summed E-state index contributed by atoms with van der Waals surface area (Å²) < 4.78 is 15.1. The summed E-state index contributed by atoms with van der Waals surface area (Å²) in [5.41, 5.74) is 4.15. The molecule has 3 aromatic carbocycles. The molecule has 8 heteroatoms. The van der Waals surface area contributed by atoms with Gasteiger partial charge in [0, 0.05) is 25.0 Å². The summed E-state index contributed by atoms with van der Waals surface area (Å²) in [5, 5.41) is 0.598. The van der Waals surface area contributed by atoms with Crippen LogP contribution in [0.4, 0.5) is 15.8 Å². The van der Waals surface area contributed by atoms with E-state index in [1.807, 2.05) is 66.9 Å². The van der Waals surface area contributed by atoms with Crippen LogP contribution in [0.1, 0.15) is 12.5 Å². The van der Waals surface area contributed by atoms with Crippen LogP contribution in [-0.4, -0.2) is 40.7 Å². The van der Waals surface area contributed by atoms with E-state index in [4.69, 9.17) is 0 Å². The number of para-hydroxylation sites is 2. The van der Waals surface area contributed by atoms with Crippen LogP contribution in [0.25, 0.3) is 11.0 Å². The number of imidazole rings is 1. The number of halogens is 1. The van der Waals surface area contributed by atoms with Crippen LogP contribution in [0, 0.1) is 12.7 Å². The predicted octanol–water partition coefficient (Wildman–Crippen LogP) is 5.29. The van der Waals surface area contributed by atoms with Crippen LogP contribution in [0.5, 0.6) is 0 Å². The number of aryl methyl sites for hydroxylation is 1. The molecule has 2 amide bonds. The van der Waals surface area contributed by atoms with E-state index in [9.17, 15) is 14.0 Å². The minimum atomic E-state index is -0.353. The topological polar surface area (TPSA) is 58.4 Å². The Morgan fingerprint density at radius 2 is 1.71 bits per heavy atom. The largest absolute Gasteiger partial charge is 0.315 e. The molecule has 0 radical (unpaired) electrons. The molecular weight excluding hydrogens is 463 g/mol. The second-order valence-corrected chi connectivity index (χ2v) is 9.11. The number of thioether (sulfide) groups is 1. The Morgan fingerprint density at radius 3 is 2.43 bits per heavy atom. The number of rotatable bonds is 8. The molecule has 180 valence electrons. The number of anilines is 2. The van der Waals surface area contributed by atoms with Gasteiger partial charge in [0.15, 0.2) is 5.16 Å². The van der Waals surface area contributed by atoms with Gasteiger partial charge in [-0.2, -0.15) is 0 Å². The maximum absolute atomic E-state index is 13.4. The molecule has 0 aliphatic heterocycles. The number of fused-ring (bicyclic) bond motifs is 1. The van der Waals surface area contributed by atoms with Crippen molar-refractivity contribution in [1.29, 1.82) is 0 Å². The summed E-state index contributed by atoms with van der Waals surface area (Å²) >= 11 is 1.28. The summed E-state index contributed by atoms with van der Waals surface area (Å²) in [4.78, 5) is 34.1. The molecule has 6 nitrogen and oxygen atoms in total. The van der Waals surface area contributed by atoms with Crippen molar-refractivity contribution in [3.8, 4) is 0 Å². The van der Waals surface area contributed by atoms with Crippen molar-refractivity contribution in [3.05, 3.63) is 84.2 Å². The fourth-order valence-electron chi connectivity index (χ4n) is 3.87. The Kier molecular flexibility index (Phi) is 7.51. The van der Waals surface area contributed by atoms with Crippen LogP contribution < -0.4 is 9.80 Å². The van der Waals surface area contributed by atoms with Crippen LogP contribution in [0.3, 0.4) is 0 Å². The molecular formula is C27H27FN4O2S. The summed E-state index contributed by atoms with van der Waals surface area (Å²) in [6, 6.07) is 21.3. The van der Waals surface area contributed by atoms with Crippen molar-refractivity contribution in [2.24, 2.45) is 0 Å². The second kappa shape index (κ2) is 10.7. The van der Waals surface area contributed by atoms with Gasteiger partial charge in [-0.1, -0.05) is 36.0 Å². The van der Waals surface area contributed by atoms with Crippen molar-refractivity contribution in [2.75, 3.05) is 29.1 Å². The summed E-state index contributed by atoms with van der Waals surface area (Å²) in [5.74, 6) is -0.436. The minimum absolute atomic E-state index is 0.0575. The number of carbonyl (C=O) groups is 2. The molecule has 35 heavy (non-hydrogen) atoms. The zero-order chi connectivity index (χ0) is 24.9. The van der Waals surface area contributed by atoms with Crippen molar-refractivity contribution < 1.29 is 14.0 Å². The molecule has 0 N–H and O–H groups in total. The third-order valence-electron chi connectivity index (χ3n) is 5.76. The summed E-state index contributed by atoms with van der Waals surface area (Å²) in [6.45, 7) is 4.59. The number of likely N-dealkylation sites (N-methyl/N-ethyl adjacent to an activating group) is 1. The quantitative estimate of drug-likeness (QED) is 0.315. The highest BCUT2D eigenvalue weighted by Gasteiger charge is 2.20. The zero-order valence-corrected chi connectivity index (χ0v) is 20.8. The highest BCUT2D eigenvalue weighted by atomic mass is 32.2. The number of benzene rings is 3. The molecule has 0 atom stereocenters. The molecule has 0 unspecified atom stereocenters. The minimum Gasteiger partial charge on any atom is -0.315 e. The lowest BCUT2D eigenvalue weighted by atomic mass is 10.2. The van der Waals surface area contributed by atoms with Gasteiger partial charge in [-0.15, -0.1) is 0 Å². The van der Waals surface area contributed by atoms with E-state index in [-0.39, 0.29) is 29.9 Å². The van der Waals surface area contributed by atoms with E-state index in [0.29, 0.717) is 17.4 Å². The highest BCUT2D eigenvalue weighted by molar-refractivity contribution is 7.99. The highest BCUT2D eigenvalue weighted by Crippen LogP contribution is 2.26. The lowest BCUT2D eigenvalue weighted by Crippen LogP contribution is -2.34. The second-order valence-electron chi connectivity index (χ2n) is 8.16. The van der Waals surface area contributed by atoms with Gasteiger partial charge in [0.05, 0.1) is 16.8 Å². The first kappa shape index (κ1) is 24.5. The summed E-state index contributed by atoms with van der Waals surface area (Å²) in [6.07, 6.45) is 0. The lowest BCUT2D eigenvalue weighted by molar-refractivity contribution is -0.119. The van der Waals surface area contributed by atoms with E-state index < -0.39 is 0 Å². The first-order valence-corrected chi connectivity index (χ1v) is 12.3. The number of hydrogen-bond acceptors (Lipinski definition) is 4. The fraction of sp³-hybridized carbons (Fsp3) is 0.222. The first-order chi connectivity index (χ1) is 16.9. The Morgan fingerprint density at radius 1 is 0.971 bits per heavy atom. The van der Waals surface area contributed by atoms with Crippen LogP contribution in [0.2, 0.25) is 0 Å². The molecule has 0 fully saturated rings. The SMILES string of the molecule is CCN(C(=O)Cn1c(SCC(=O)N(C)c2ccc(F)cc2)nc2ccccc21)c1cccc(C)c1. The number of amides is 2. The van der Waals surface area contributed by atoms with Crippen molar-refractivity contribution in [1.82, 2.24) is 9.55 Å². The van der Waals surface area contributed by atoms with Gasteiger partial charge in [0.1, 0.15) is 12.4 Å². The zero-order valence-electron chi connectivity index (χ0n) is 19.9. The molecule has 4 aromatic rings. The van der Waals surface area contributed by atoms with Crippen molar-refractivity contribution in [3.63, 3.8) is 0 Å². The molecule has 0 saturated carbocycles. The summed E-state index contributed by atoms with van der Waals surface area (Å²) in [7, 11) is 1.66. The Hall–Kier alpha value is -3.65. The van der Waals surface area contributed by atoms with E-state index >= 15 is 0 Å². The number of aromatic nitrogens is 2. The molecule has 4 rings (SSSR count). The van der Waals surface area contributed by atoms with Crippen LogP contribution in [0.15, 0.2) is 78.0 Å². The van der Waals surface area contributed by atoms with E-state index in [2.05, 4.69) is 4.98 Å². The van der Waals surface area contributed by atoms with Gasteiger partial charge in [-0.05, 0) is 67.9 Å². The van der Waals surface area contributed by atoms with Crippen molar-refractivity contribution in [2.45, 2.75) is 25.5 Å². The standard InChI is InChI=1S/C27H27FN4O2S/c1-4-31(22-9-7-8-19(2)16-22)25(33)17-32-24-11-6-5-10-23(24)29-27(32)35-18-26(34)30(3)21-14-12-20(28)13-15-21/h5-16H,4,17-18H2,1-3H3. The molecule has 0 spiro atoms. The Labute approximate surface area is 208 Å². The Bertz CT molecular complexity index is 1350. The maximum atomic E-state index is 13.4. The normalized spacial score (nSPS) is 11.0. The van der Waals surface area contributed by atoms with E-state index in [0.717, 1.165) is 22.3 Å². The molecule has 0 aliphatic carbocycles. The maximum Gasteiger partial charge on any atom is 0.247 e. The first-order valence-electron chi connectivity index (χ1n) is 11.3. The van der Waals surface area contributed by atoms with Crippen LogP contribution >= 0.6 is 11.8 Å². The number of hydrogen-bond donors (Lipinski definition) is 0. The van der Waals surface area contributed by atoms with E-state index in [1.165, 1.54) is 28.8 Å². The van der Waals surface area contributed by atoms with Gasteiger partial charge in [0.2, 0.25) is 11.8 Å². The van der Waals surface area contributed by atoms with Crippen molar-refractivity contribution >= 4 is 46.0 Å². The molecule has 0 aliphatic rings. The van der Waals surface area contributed by atoms with Gasteiger partial charge in [-0.3, -0.25) is 9.59 Å². The van der Waals surface area contributed by atoms with Gasteiger partial charge in [-0.25, -0.2) is 9.37 Å². The van der Waals surface area contributed by atoms with E-state index in [1.54, 1.807) is 24.1 Å². The smallest absolute Gasteiger partial charge is 0.247 e. The fourth-order valence-corrected chi connectivity index (χ4v) is 4.80. The molecule has 0 saturated heterocycles. The predicted molar refractivity (Wildman–Crippen MR) is 139 cm³/mol. The Balaban J connectivity index is 1.55. The number of carbonyl (C=O) groups excluding carboxylic acids is 2. The lowest BCUT2D eigenvalue weighted by Gasteiger charge is -2.22. The third-order valence-corrected chi connectivity index (χ3v) is 6.72. The molecule has 1 aromatic heterocycles. The number of nitrogens with zero attached hydrogens (tertiary/aromatic N) is 4.